The highest BCUT2D eigenvalue weighted by Crippen LogP contribution is 2.23. The zero-order valence-corrected chi connectivity index (χ0v) is 16.0. The molecule has 0 bridgehead atoms. The molecule has 2 atom stereocenters. The van der Waals surface area contributed by atoms with Gasteiger partial charge in [-0.25, -0.2) is 4.79 Å². The minimum Gasteiger partial charge on any atom is -0.452 e. The Morgan fingerprint density at radius 3 is 2.19 bits per heavy atom. The Balaban J connectivity index is 1.75. The summed E-state index contributed by atoms with van der Waals surface area (Å²) in [5, 5.41) is 4.27. The number of urea groups is 1. The SMILES string of the molecule is C[C@H](OC(=O)[C@@H](C)Sc1ccccc1)C(=O)NC(=O)NCc1ccccc1. The van der Waals surface area contributed by atoms with Crippen molar-refractivity contribution in [3.05, 3.63) is 66.2 Å². The number of nitrogens with one attached hydrogen (secondary N) is 2. The summed E-state index contributed by atoms with van der Waals surface area (Å²) in [6.07, 6.45) is -1.07. The largest absolute Gasteiger partial charge is 0.452 e. The van der Waals surface area contributed by atoms with Crippen molar-refractivity contribution in [2.45, 2.75) is 36.6 Å². The molecule has 0 aliphatic heterocycles. The van der Waals surface area contributed by atoms with Crippen molar-refractivity contribution in [3.63, 3.8) is 0 Å². The van der Waals surface area contributed by atoms with Crippen LogP contribution in [0.2, 0.25) is 0 Å². The van der Waals surface area contributed by atoms with Gasteiger partial charge in [0.25, 0.3) is 5.91 Å². The van der Waals surface area contributed by atoms with Crippen LogP contribution in [0.3, 0.4) is 0 Å². The first-order chi connectivity index (χ1) is 13.0. The van der Waals surface area contributed by atoms with Gasteiger partial charge in [-0.15, -0.1) is 11.8 Å². The lowest BCUT2D eigenvalue weighted by atomic mass is 10.2. The van der Waals surface area contributed by atoms with Crippen LogP contribution in [0.5, 0.6) is 0 Å². The quantitative estimate of drug-likeness (QED) is 0.564. The predicted molar refractivity (Wildman–Crippen MR) is 104 cm³/mol. The van der Waals surface area contributed by atoms with Gasteiger partial charge in [0.15, 0.2) is 6.10 Å². The molecule has 3 amide bonds. The lowest BCUT2D eigenvalue weighted by Gasteiger charge is -2.16. The van der Waals surface area contributed by atoms with Crippen LogP contribution in [0.1, 0.15) is 19.4 Å². The van der Waals surface area contributed by atoms with Gasteiger partial charge in [-0.2, -0.15) is 0 Å². The first-order valence-electron chi connectivity index (χ1n) is 8.50. The van der Waals surface area contributed by atoms with Gasteiger partial charge in [0.05, 0.1) is 0 Å². The number of benzene rings is 2. The van der Waals surface area contributed by atoms with E-state index in [9.17, 15) is 14.4 Å². The second-order valence-corrected chi connectivity index (χ2v) is 7.22. The number of imide groups is 1. The predicted octanol–water partition coefficient (Wildman–Crippen LogP) is 3.12. The Morgan fingerprint density at radius 2 is 1.56 bits per heavy atom. The number of esters is 1. The molecule has 0 aliphatic rings. The van der Waals surface area contributed by atoms with Crippen LogP contribution >= 0.6 is 11.8 Å². The van der Waals surface area contributed by atoms with Crippen LogP contribution in [0.25, 0.3) is 0 Å². The highest BCUT2D eigenvalue weighted by Gasteiger charge is 2.23. The minimum atomic E-state index is -1.07. The maximum Gasteiger partial charge on any atom is 0.321 e. The van der Waals surface area contributed by atoms with Crippen molar-refractivity contribution < 1.29 is 19.1 Å². The fourth-order valence-electron chi connectivity index (χ4n) is 2.11. The minimum absolute atomic E-state index is 0.291. The van der Waals surface area contributed by atoms with E-state index in [2.05, 4.69) is 10.6 Å². The first kappa shape index (κ1) is 20.5. The van der Waals surface area contributed by atoms with Gasteiger partial charge in [-0.05, 0) is 31.5 Å². The van der Waals surface area contributed by atoms with Gasteiger partial charge in [0.2, 0.25) is 0 Å². The molecule has 0 saturated heterocycles. The summed E-state index contributed by atoms with van der Waals surface area (Å²) < 4.78 is 5.16. The van der Waals surface area contributed by atoms with Crippen LogP contribution in [-0.2, 0) is 20.9 Å². The van der Waals surface area contributed by atoms with Gasteiger partial charge in [-0.1, -0.05) is 48.5 Å². The lowest BCUT2D eigenvalue weighted by molar-refractivity contribution is -0.153. The van der Waals surface area contributed by atoms with E-state index in [-0.39, 0.29) is 0 Å². The molecule has 142 valence electrons. The number of carbonyl (C=O) groups excluding carboxylic acids is 3. The Morgan fingerprint density at radius 1 is 0.963 bits per heavy atom. The molecule has 0 spiro atoms. The van der Waals surface area contributed by atoms with Crippen LogP contribution in [-0.4, -0.2) is 29.3 Å². The molecule has 0 heterocycles. The number of hydrogen-bond donors (Lipinski definition) is 2. The second kappa shape index (κ2) is 10.4. The van der Waals surface area contributed by atoms with Crippen molar-refractivity contribution in [3.8, 4) is 0 Å². The lowest BCUT2D eigenvalue weighted by Crippen LogP contribution is -2.44. The van der Waals surface area contributed by atoms with Gasteiger partial charge >= 0.3 is 12.0 Å². The van der Waals surface area contributed by atoms with Crippen LogP contribution < -0.4 is 10.6 Å². The van der Waals surface area contributed by atoms with Crippen LogP contribution in [0, 0.1) is 0 Å². The average molecular weight is 386 g/mol. The number of thioether (sulfide) groups is 1. The van der Waals surface area contributed by atoms with Crippen LogP contribution in [0.4, 0.5) is 4.79 Å². The highest BCUT2D eigenvalue weighted by molar-refractivity contribution is 8.00. The summed E-state index contributed by atoms with van der Waals surface area (Å²) in [6.45, 7) is 3.42. The molecular weight excluding hydrogens is 364 g/mol. The van der Waals surface area contributed by atoms with Crippen LogP contribution in [0.15, 0.2) is 65.6 Å². The number of hydrogen-bond acceptors (Lipinski definition) is 5. The number of rotatable bonds is 7. The molecule has 2 N–H and O–H groups in total. The smallest absolute Gasteiger partial charge is 0.321 e. The van der Waals surface area contributed by atoms with E-state index in [1.54, 1.807) is 6.92 Å². The molecule has 2 aromatic carbocycles. The summed E-state index contributed by atoms with van der Waals surface area (Å²) >= 11 is 1.34. The molecule has 0 saturated carbocycles. The number of amides is 3. The molecule has 0 aromatic heterocycles. The topological polar surface area (TPSA) is 84.5 Å². The van der Waals surface area contributed by atoms with E-state index in [0.717, 1.165) is 10.5 Å². The molecule has 0 radical (unpaired) electrons. The van der Waals surface area contributed by atoms with Gasteiger partial charge in [-0.3, -0.25) is 14.9 Å². The van der Waals surface area contributed by atoms with Crippen molar-refractivity contribution in [2.24, 2.45) is 0 Å². The molecular formula is C20H22N2O4S. The second-order valence-electron chi connectivity index (χ2n) is 5.81. The van der Waals surface area contributed by atoms with E-state index >= 15 is 0 Å². The number of carbonyl (C=O) groups is 3. The summed E-state index contributed by atoms with van der Waals surface area (Å²) in [5.74, 6) is -1.19. The third-order valence-electron chi connectivity index (χ3n) is 3.58. The van der Waals surface area contributed by atoms with E-state index in [4.69, 9.17) is 4.74 Å². The summed E-state index contributed by atoms with van der Waals surface area (Å²) in [6, 6.07) is 18.1. The molecule has 0 unspecified atom stereocenters. The van der Waals surface area contributed by atoms with Crippen molar-refractivity contribution in [1.29, 1.82) is 0 Å². The molecule has 2 rings (SSSR count). The zero-order valence-electron chi connectivity index (χ0n) is 15.2. The van der Waals surface area contributed by atoms with Crippen molar-refractivity contribution in [1.82, 2.24) is 10.6 Å². The van der Waals surface area contributed by atoms with E-state index < -0.39 is 29.3 Å². The standard InChI is InChI=1S/C20H22N2O4S/c1-14(26-19(24)15(2)27-17-11-7-4-8-12-17)18(23)22-20(25)21-13-16-9-5-3-6-10-16/h3-12,14-15H,13H2,1-2H3,(H2,21,22,23,25)/t14-,15+/m0/s1. The van der Waals surface area contributed by atoms with Gasteiger partial charge in [0, 0.05) is 11.4 Å². The molecule has 2 aromatic rings. The summed E-state index contributed by atoms with van der Waals surface area (Å²) in [7, 11) is 0. The average Bonchev–Trinajstić information content (AvgIpc) is 2.67. The third-order valence-corrected chi connectivity index (χ3v) is 4.67. The molecule has 6 nitrogen and oxygen atoms in total. The molecule has 27 heavy (non-hydrogen) atoms. The zero-order chi connectivity index (χ0) is 19.6. The van der Waals surface area contributed by atoms with Crippen molar-refractivity contribution in [2.75, 3.05) is 0 Å². The summed E-state index contributed by atoms with van der Waals surface area (Å²) in [4.78, 5) is 36.9. The van der Waals surface area contributed by atoms with Gasteiger partial charge in [0.1, 0.15) is 5.25 Å². The molecule has 0 aliphatic carbocycles. The van der Waals surface area contributed by atoms with E-state index in [0.29, 0.717) is 6.54 Å². The Labute approximate surface area is 162 Å². The monoisotopic (exact) mass is 386 g/mol. The maximum atomic E-state index is 12.1. The Bertz CT molecular complexity index is 768. The van der Waals surface area contributed by atoms with E-state index in [1.807, 2.05) is 60.7 Å². The Hall–Kier alpha value is -2.80. The maximum absolute atomic E-state index is 12.1. The fourth-order valence-corrected chi connectivity index (χ4v) is 2.99. The van der Waals surface area contributed by atoms with Gasteiger partial charge < -0.3 is 10.1 Å². The summed E-state index contributed by atoms with van der Waals surface area (Å²) in [5.41, 5.74) is 0.909. The molecule has 7 heteroatoms. The van der Waals surface area contributed by atoms with E-state index in [1.165, 1.54) is 18.7 Å². The van der Waals surface area contributed by atoms with Crippen molar-refractivity contribution >= 4 is 29.7 Å². The number of ether oxygens (including phenoxy) is 1. The highest BCUT2D eigenvalue weighted by atomic mass is 32.2. The third kappa shape index (κ3) is 7.15. The first-order valence-corrected chi connectivity index (χ1v) is 9.38. The molecule has 0 fully saturated rings. The normalized spacial score (nSPS) is 12.5. The Kier molecular flexibility index (Phi) is 7.88. The fraction of sp³-hybridized carbons (Fsp3) is 0.250.